The molecule has 1 aliphatic heterocycles. The number of halogens is 1. The van der Waals surface area contributed by atoms with Crippen molar-refractivity contribution in [3.8, 4) is 0 Å². The number of nitrogens with zero attached hydrogens (tertiary/aromatic N) is 3. The van der Waals surface area contributed by atoms with Crippen molar-refractivity contribution in [2.45, 2.75) is 0 Å². The van der Waals surface area contributed by atoms with Crippen molar-refractivity contribution in [1.29, 1.82) is 0 Å². The molecule has 0 atom stereocenters. The van der Waals surface area contributed by atoms with Crippen LogP contribution in [0.25, 0.3) is 0 Å². The quantitative estimate of drug-likeness (QED) is 0.714. The molecule has 0 radical (unpaired) electrons. The molecule has 0 unspecified atom stereocenters. The van der Waals surface area contributed by atoms with Crippen LogP contribution in [0, 0.1) is 0 Å². The van der Waals surface area contributed by atoms with E-state index in [2.05, 4.69) is 9.97 Å². The maximum atomic E-state index is 11.3. The van der Waals surface area contributed by atoms with Crippen LogP contribution in [0.4, 0.5) is 11.8 Å². The monoisotopic (exact) mass is 262 g/mol. The van der Waals surface area contributed by atoms with Crippen LogP contribution in [-0.2, 0) is 9.84 Å². The van der Waals surface area contributed by atoms with Crippen LogP contribution in [0.3, 0.4) is 0 Å². The van der Waals surface area contributed by atoms with Gasteiger partial charge in [-0.15, -0.1) is 0 Å². The molecule has 0 spiro atoms. The first-order valence-corrected chi connectivity index (χ1v) is 6.92. The lowest BCUT2D eigenvalue weighted by Crippen LogP contribution is -2.40. The molecular formula is C8H11ClN4O2S. The molecule has 16 heavy (non-hydrogen) atoms. The van der Waals surface area contributed by atoms with Gasteiger partial charge in [0.25, 0.3) is 0 Å². The number of nitrogen functional groups attached to an aromatic ring is 1. The van der Waals surface area contributed by atoms with E-state index < -0.39 is 9.84 Å². The molecule has 1 saturated heterocycles. The summed E-state index contributed by atoms with van der Waals surface area (Å²) < 4.78 is 22.5. The average molecular weight is 263 g/mol. The summed E-state index contributed by atoms with van der Waals surface area (Å²) in [5.74, 6) is 0.937. The SMILES string of the molecule is Nc1nc(Cl)cc(N2CCS(=O)(=O)CC2)n1. The van der Waals surface area contributed by atoms with Gasteiger partial charge in [-0.05, 0) is 0 Å². The minimum Gasteiger partial charge on any atom is -0.368 e. The van der Waals surface area contributed by atoms with E-state index in [1.165, 1.54) is 0 Å². The highest BCUT2D eigenvalue weighted by Gasteiger charge is 2.22. The van der Waals surface area contributed by atoms with Crippen LogP contribution >= 0.6 is 11.6 Å². The Bertz CT molecular complexity index is 471. The Labute approximate surface area is 98.4 Å². The molecule has 0 aliphatic carbocycles. The normalized spacial score (nSPS) is 19.7. The zero-order valence-corrected chi connectivity index (χ0v) is 10.00. The van der Waals surface area contributed by atoms with Crippen LogP contribution in [0.1, 0.15) is 0 Å². The summed E-state index contributed by atoms with van der Waals surface area (Å²) in [6.07, 6.45) is 0. The Kier molecular flexibility index (Phi) is 2.90. The van der Waals surface area contributed by atoms with Gasteiger partial charge in [0.15, 0.2) is 9.84 Å². The summed E-state index contributed by atoms with van der Waals surface area (Å²) in [5.41, 5.74) is 5.47. The number of aromatic nitrogens is 2. The van der Waals surface area contributed by atoms with Crippen LogP contribution in [0.5, 0.6) is 0 Å². The third kappa shape index (κ3) is 2.53. The third-order valence-corrected chi connectivity index (χ3v) is 4.17. The number of nitrogens with two attached hydrogens (primary N) is 1. The predicted molar refractivity (Wildman–Crippen MR) is 62.3 cm³/mol. The van der Waals surface area contributed by atoms with Crippen molar-refractivity contribution in [1.82, 2.24) is 9.97 Å². The van der Waals surface area contributed by atoms with Gasteiger partial charge in [-0.1, -0.05) is 11.6 Å². The lowest BCUT2D eigenvalue weighted by atomic mass is 10.4. The number of rotatable bonds is 1. The number of hydrogen-bond donors (Lipinski definition) is 1. The van der Waals surface area contributed by atoms with Crippen LogP contribution in [-0.4, -0.2) is 43.0 Å². The van der Waals surface area contributed by atoms with E-state index >= 15 is 0 Å². The molecule has 2 heterocycles. The summed E-state index contributed by atoms with van der Waals surface area (Å²) in [6.45, 7) is 0.824. The summed E-state index contributed by atoms with van der Waals surface area (Å²) in [7, 11) is -2.89. The molecule has 0 aromatic carbocycles. The van der Waals surface area contributed by atoms with Crippen LogP contribution in [0.2, 0.25) is 5.15 Å². The molecule has 6 nitrogen and oxygen atoms in total. The lowest BCUT2D eigenvalue weighted by Gasteiger charge is -2.27. The minimum absolute atomic E-state index is 0.0935. The van der Waals surface area contributed by atoms with Crippen molar-refractivity contribution in [2.24, 2.45) is 0 Å². The van der Waals surface area contributed by atoms with Gasteiger partial charge < -0.3 is 10.6 Å². The smallest absolute Gasteiger partial charge is 0.223 e. The predicted octanol–water partition coefficient (Wildman–Crippen LogP) is -0.0530. The lowest BCUT2D eigenvalue weighted by molar-refractivity contribution is 0.586. The Morgan fingerprint density at radius 1 is 1.31 bits per heavy atom. The maximum Gasteiger partial charge on any atom is 0.223 e. The summed E-state index contributed by atoms with van der Waals surface area (Å²) >= 11 is 5.75. The molecule has 1 fully saturated rings. The largest absolute Gasteiger partial charge is 0.368 e. The Morgan fingerprint density at radius 2 is 1.94 bits per heavy atom. The van der Waals surface area contributed by atoms with Gasteiger partial charge >= 0.3 is 0 Å². The van der Waals surface area contributed by atoms with Crippen LogP contribution in [0.15, 0.2) is 6.07 Å². The highest BCUT2D eigenvalue weighted by Crippen LogP contribution is 2.18. The van der Waals surface area contributed by atoms with E-state index in [9.17, 15) is 8.42 Å². The van der Waals surface area contributed by atoms with Gasteiger partial charge in [0.05, 0.1) is 11.5 Å². The molecule has 1 aromatic rings. The average Bonchev–Trinajstić information content (AvgIpc) is 2.15. The van der Waals surface area contributed by atoms with E-state index in [4.69, 9.17) is 17.3 Å². The maximum absolute atomic E-state index is 11.3. The molecule has 88 valence electrons. The van der Waals surface area contributed by atoms with E-state index in [0.29, 0.717) is 18.9 Å². The second kappa shape index (κ2) is 4.06. The fraction of sp³-hybridized carbons (Fsp3) is 0.500. The third-order valence-electron chi connectivity index (χ3n) is 2.37. The zero-order valence-electron chi connectivity index (χ0n) is 8.43. The fourth-order valence-corrected chi connectivity index (χ4v) is 2.91. The molecule has 0 amide bonds. The van der Waals surface area contributed by atoms with Crippen molar-refractivity contribution in [2.75, 3.05) is 35.2 Å². The van der Waals surface area contributed by atoms with Crippen molar-refractivity contribution in [3.05, 3.63) is 11.2 Å². The zero-order chi connectivity index (χ0) is 11.8. The number of sulfone groups is 1. The van der Waals surface area contributed by atoms with E-state index in [1.807, 2.05) is 4.90 Å². The second-order valence-corrected chi connectivity index (χ2v) is 6.24. The van der Waals surface area contributed by atoms with Gasteiger partial charge in [-0.25, -0.2) is 13.4 Å². The van der Waals surface area contributed by atoms with Crippen molar-refractivity contribution in [3.63, 3.8) is 0 Å². The highest BCUT2D eigenvalue weighted by atomic mass is 35.5. The first-order chi connectivity index (χ1) is 7.46. The van der Waals surface area contributed by atoms with Gasteiger partial charge in [0.1, 0.15) is 11.0 Å². The number of hydrogen-bond acceptors (Lipinski definition) is 6. The van der Waals surface area contributed by atoms with Crippen molar-refractivity contribution >= 4 is 33.2 Å². The summed E-state index contributed by atoms with van der Waals surface area (Å²) in [6, 6.07) is 1.58. The first-order valence-electron chi connectivity index (χ1n) is 4.72. The molecule has 0 saturated carbocycles. The molecule has 1 aromatic heterocycles. The standard InChI is InChI=1S/C8H11ClN4O2S/c9-6-5-7(12-8(10)11-6)13-1-3-16(14,15)4-2-13/h5H,1-4H2,(H2,10,11,12). The molecular weight excluding hydrogens is 252 g/mol. The molecule has 2 rings (SSSR count). The molecule has 0 bridgehead atoms. The number of anilines is 2. The summed E-state index contributed by atoms with van der Waals surface area (Å²) in [5, 5.41) is 0.260. The first kappa shape index (κ1) is 11.4. The second-order valence-electron chi connectivity index (χ2n) is 3.55. The Hall–Kier alpha value is -1.08. The minimum atomic E-state index is -2.89. The summed E-state index contributed by atoms with van der Waals surface area (Å²) in [4.78, 5) is 9.60. The van der Waals surface area contributed by atoms with Crippen molar-refractivity contribution < 1.29 is 8.42 Å². The highest BCUT2D eigenvalue weighted by molar-refractivity contribution is 7.91. The topological polar surface area (TPSA) is 89.2 Å². The van der Waals surface area contributed by atoms with E-state index in [-0.39, 0.29) is 22.6 Å². The molecule has 8 heteroatoms. The Morgan fingerprint density at radius 3 is 2.50 bits per heavy atom. The van der Waals surface area contributed by atoms with Gasteiger partial charge in [-0.3, -0.25) is 0 Å². The van der Waals surface area contributed by atoms with Gasteiger partial charge in [0.2, 0.25) is 5.95 Å². The van der Waals surface area contributed by atoms with Crippen LogP contribution < -0.4 is 10.6 Å². The van der Waals surface area contributed by atoms with E-state index in [0.717, 1.165) is 0 Å². The van der Waals surface area contributed by atoms with E-state index in [1.54, 1.807) is 6.07 Å². The fourth-order valence-electron chi connectivity index (χ4n) is 1.53. The molecule has 2 N–H and O–H groups in total. The van der Waals surface area contributed by atoms with Gasteiger partial charge in [-0.2, -0.15) is 4.98 Å². The Balaban J connectivity index is 2.20. The molecule has 1 aliphatic rings. The van der Waals surface area contributed by atoms with Gasteiger partial charge in [0, 0.05) is 19.2 Å².